The summed E-state index contributed by atoms with van der Waals surface area (Å²) in [6.45, 7) is 9.75. The Labute approximate surface area is 194 Å². The molecule has 0 saturated carbocycles. The van der Waals surface area contributed by atoms with E-state index in [9.17, 15) is 9.59 Å². The molecule has 0 amide bonds. The summed E-state index contributed by atoms with van der Waals surface area (Å²) < 4.78 is 10.5. The van der Waals surface area contributed by atoms with Gasteiger partial charge in [0.2, 0.25) is 0 Å². The molecule has 0 heterocycles. The van der Waals surface area contributed by atoms with E-state index in [4.69, 9.17) is 32.7 Å². The summed E-state index contributed by atoms with van der Waals surface area (Å²) >= 11 is 12.9. The third kappa shape index (κ3) is 5.42. The minimum absolute atomic E-state index is 0.00411. The first-order valence-corrected chi connectivity index (χ1v) is 11.1. The molecule has 0 unspecified atom stereocenters. The lowest BCUT2D eigenvalue weighted by atomic mass is 9.70. The average Bonchev–Trinajstić information content (AvgIpc) is 2.73. The van der Waals surface area contributed by atoms with Gasteiger partial charge in [0.25, 0.3) is 0 Å². The fourth-order valence-corrected chi connectivity index (χ4v) is 4.09. The number of rotatable bonds is 8. The number of ketones is 1. The Morgan fingerprint density at radius 1 is 0.903 bits per heavy atom. The minimum Gasteiger partial charge on any atom is -0.484 e. The zero-order valence-electron chi connectivity index (χ0n) is 19.0. The fourth-order valence-electron chi connectivity index (χ4n) is 3.60. The maximum atomic E-state index is 12.2. The number of carbonyl (C=O) groups is 2. The minimum atomic E-state index is -0.471. The van der Waals surface area contributed by atoms with Gasteiger partial charge in [0.15, 0.2) is 5.78 Å². The number of benzene rings is 2. The summed E-state index contributed by atoms with van der Waals surface area (Å²) in [4.78, 5) is 24.1. The molecule has 0 aliphatic heterocycles. The summed E-state index contributed by atoms with van der Waals surface area (Å²) in [7, 11) is 1.33. The third-order valence-corrected chi connectivity index (χ3v) is 6.42. The molecule has 0 aromatic heterocycles. The van der Waals surface area contributed by atoms with Crippen molar-refractivity contribution in [3.63, 3.8) is 0 Å². The second-order valence-electron chi connectivity index (χ2n) is 8.58. The van der Waals surface area contributed by atoms with Crippen molar-refractivity contribution in [1.82, 2.24) is 0 Å². The Bertz CT molecular complexity index is 956. The molecule has 2 rings (SSSR count). The Hall–Kier alpha value is -2.04. The van der Waals surface area contributed by atoms with Crippen molar-refractivity contribution >= 4 is 35.0 Å². The molecule has 0 aliphatic carbocycles. The molecular weight excluding hydrogens is 435 g/mol. The smallest absolute Gasteiger partial charge is 0.339 e. The lowest BCUT2D eigenvalue weighted by Gasteiger charge is -2.34. The molecule has 0 bridgehead atoms. The van der Waals surface area contributed by atoms with Gasteiger partial charge in [0, 0.05) is 10.8 Å². The van der Waals surface area contributed by atoms with E-state index in [1.165, 1.54) is 7.11 Å². The topological polar surface area (TPSA) is 52.6 Å². The first-order valence-electron chi connectivity index (χ1n) is 10.3. The highest BCUT2D eigenvalue weighted by Crippen LogP contribution is 2.42. The van der Waals surface area contributed by atoms with Crippen LogP contribution in [0, 0.1) is 5.41 Å². The first-order chi connectivity index (χ1) is 14.5. The Morgan fingerprint density at radius 3 is 1.90 bits per heavy atom. The molecule has 0 radical (unpaired) electrons. The average molecular weight is 465 g/mol. The lowest BCUT2D eigenvalue weighted by molar-refractivity contribution is -0.128. The molecule has 0 saturated heterocycles. The summed E-state index contributed by atoms with van der Waals surface area (Å²) in [5.41, 5.74) is 1.52. The molecule has 2 aromatic carbocycles. The van der Waals surface area contributed by atoms with Crippen molar-refractivity contribution in [1.29, 1.82) is 0 Å². The van der Waals surface area contributed by atoms with Crippen LogP contribution in [0.4, 0.5) is 0 Å². The van der Waals surface area contributed by atoms with Crippen molar-refractivity contribution in [2.45, 2.75) is 52.9 Å². The van der Waals surface area contributed by atoms with Crippen molar-refractivity contribution in [3.05, 3.63) is 63.1 Å². The normalized spacial score (nSPS) is 11.9. The van der Waals surface area contributed by atoms with Gasteiger partial charge in [0.05, 0.1) is 22.7 Å². The Morgan fingerprint density at radius 2 is 1.45 bits per heavy atom. The lowest BCUT2D eigenvalue weighted by Crippen LogP contribution is -2.27. The second kappa shape index (κ2) is 10.1. The van der Waals surface area contributed by atoms with Crippen molar-refractivity contribution in [3.8, 4) is 5.75 Å². The van der Waals surface area contributed by atoms with Gasteiger partial charge in [-0.3, -0.25) is 4.79 Å². The second-order valence-corrected chi connectivity index (χ2v) is 9.40. The standard InChI is InChI=1S/C25H30Cl2O4/c1-7-25(8-2,16-9-11-18(19(26)13-16)23(29)30-6)17-10-12-21(20(27)14-17)31-15-22(28)24(3,4)5/h9-14H,7-8,15H2,1-6H3. The highest BCUT2D eigenvalue weighted by molar-refractivity contribution is 6.33. The molecular formula is C25H30Cl2O4. The monoisotopic (exact) mass is 464 g/mol. The van der Waals surface area contributed by atoms with Crippen LogP contribution in [-0.2, 0) is 14.9 Å². The van der Waals surface area contributed by atoms with Crippen LogP contribution in [-0.4, -0.2) is 25.5 Å². The summed E-state index contributed by atoms with van der Waals surface area (Å²) in [5, 5.41) is 0.796. The molecule has 168 valence electrons. The number of ether oxygens (including phenoxy) is 2. The van der Waals surface area contributed by atoms with Crippen LogP contribution in [0.2, 0.25) is 10.0 Å². The van der Waals surface area contributed by atoms with E-state index in [0.29, 0.717) is 21.4 Å². The van der Waals surface area contributed by atoms with Gasteiger partial charge in [-0.25, -0.2) is 4.79 Å². The van der Waals surface area contributed by atoms with Gasteiger partial charge >= 0.3 is 5.97 Å². The number of halogens is 2. The van der Waals surface area contributed by atoms with Crippen LogP contribution in [0.1, 0.15) is 68.9 Å². The predicted octanol–water partition coefficient (Wildman–Crippen LogP) is 6.88. The van der Waals surface area contributed by atoms with Gasteiger partial charge < -0.3 is 9.47 Å². The Kier molecular flexibility index (Phi) is 8.18. The molecule has 0 fully saturated rings. The quantitative estimate of drug-likeness (QED) is 0.399. The molecule has 4 nitrogen and oxygen atoms in total. The van der Waals surface area contributed by atoms with Crippen LogP contribution in [0.25, 0.3) is 0 Å². The van der Waals surface area contributed by atoms with Gasteiger partial charge in [-0.2, -0.15) is 0 Å². The van der Waals surface area contributed by atoms with Gasteiger partial charge in [-0.1, -0.05) is 70.0 Å². The number of carbonyl (C=O) groups excluding carboxylic acids is 2. The summed E-state index contributed by atoms with van der Waals surface area (Å²) in [6.07, 6.45) is 1.60. The van der Waals surface area contributed by atoms with E-state index >= 15 is 0 Å². The summed E-state index contributed by atoms with van der Waals surface area (Å²) in [6, 6.07) is 11.1. The van der Waals surface area contributed by atoms with E-state index in [-0.39, 0.29) is 17.8 Å². The molecule has 0 N–H and O–H groups in total. The van der Waals surface area contributed by atoms with Crippen LogP contribution in [0.15, 0.2) is 36.4 Å². The molecule has 0 atom stereocenters. The number of hydrogen-bond donors (Lipinski definition) is 0. The largest absolute Gasteiger partial charge is 0.484 e. The van der Waals surface area contributed by atoms with E-state index in [1.54, 1.807) is 12.1 Å². The van der Waals surface area contributed by atoms with Crippen molar-refractivity contribution in [2.75, 3.05) is 13.7 Å². The van der Waals surface area contributed by atoms with Gasteiger partial charge in [-0.15, -0.1) is 0 Å². The number of methoxy groups -OCH3 is 1. The highest BCUT2D eigenvalue weighted by Gasteiger charge is 2.32. The van der Waals surface area contributed by atoms with Crippen LogP contribution >= 0.6 is 23.2 Å². The van der Waals surface area contributed by atoms with E-state index in [1.807, 2.05) is 45.0 Å². The molecule has 31 heavy (non-hydrogen) atoms. The van der Waals surface area contributed by atoms with Crippen LogP contribution in [0.3, 0.4) is 0 Å². The van der Waals surface area contributed by atoms with Crippen molar-refractivity contribution in [2.24, 2.45) is 5.41 Å². The zero-order chi connectivity index (χ0) is 23.4. The van der Waals surface area contributed by atoms with Gasteiger partial charge in [-0.05, 0) is 48.2 Å². The molecule has 0 spiro atoms. The number of Topliss-reactive ketones (excluding diaryl/α,β-unsaturated/α-hetero) is 1. The van der Waals surface area contributed by atoms with Gasteiger partial charge in [0.1, 0.15) is 12.4 Å². The zero-order valence-corrected chi connectivity index (χ0v) is 20.5. The Balaban J connectivity index is 2.41. The van der Waals surface area contributed by atoms with E-state index in [0.717, 1.165) is 24.0 Å². The maximum absolute atomic E-state index is 12.2. The fraction of sp³-hybridized carbons (Fsp3) is 0.440. The van der Waals surface area contributed by atoms with Crippen LogP contribution < -0.4 is 4.74 Å². The molecule has 0 aliphatic rings. The molecule has 6 heteroatoms. The van der Waals surface area contributed by atoms with Crippen LogP contribution in [0.5, 0.6) is 5.75 Å². The summed E-state index contributed by atoms with van der Waals surface area (Å²) in [5.74, 6) is 0.0112. The van der Waals surface area contributed by atoms with E-state index < -0.39 is 11.4 Å². The number of hydrogen-bond acceptors (Lipinski definition) is 4. The van der Waals surface area contributed by atoms with Crippen molar-refractivity contribution < 1.29 is 19.1 Å². The predicted molar refractivity (Wildman–Crippen MR) is 126 cm³/mol. The maximum Gasteiger partial charge on any atom is 0.339 e. The first kappa shape index (κ1) is 25.2. The highest BCUT2D eigenvalue weighted by atomic mass is 35.5. The third-order valence-electron chi connectivity index (χ3n) is 5.81. The van der Waals surface area contributed by atoms with E-state index in [2.05, 4.69) is 13.8 Å². The molecule has 2 aromatic rings. The SMILES string of the molecule is CCC(CC)(c1ccc(OCC(=O)C(C)(C)C)c(Cl)c1)c1ccc(C(=O)OC)c(Cl)c1. The number of esters is 1.